The molecule has 1 spiro atoms. The Morgan fingerprint density at radius 3 is 1.92 bits per heavy atom. The molecule has 2 aliphatic rings. The number of rotatable bonds is 8. The highest BCUT2D eigenvalue weighted by atomic mass is 16.2. The molecule has 0 N–H and O–H groups in total. The average Bonchev–Trinajstić information content (AvgIpc) is 2.55. The van der Waals surface area contributed by atoms with E-state index < -0.39 is 5.41 Å². The minimum atomic E-state index is -0.641. The molecule has 2 rings (SSSR count). The van der Waals surface area contributed by atoms with Crippen LogP contribution >= 0.6 is 0 Å². The number of piperidine rings is 1. The second-order valence-corrected chi connectivity index (χ2v) is 8.78. The second kappa shape index (κ2) is 8.77. The van der Waals surface area contributed by atoms with Gasteiger partial charge in [-0.05, 0) is 77.8 Å². The zero-order chi connectivity index (χ0) is 18.5. The molecule has 4 nitrogen and oxygen atoms in total. The average molecular weight is 351 g/mol. The van der Waals surface area contributed by atoms with E-state index in [1.54, 1.807) is 0 Å². The van der Waals surface area contributed by atoms with Crippen LogP contribution in [0.5, 0.6) is 0 Å². The molecule has 0 unspecified atom stereocenters. The molecule has 1 saturated carbocycles. The second-order valence-electron chi connectivity index (χ2n) is 8.78. The van der Waals surface area contributed by atoms with Crippen LogP contribution in [0.1, 0.15) is 71.6 Å². The fourth-order valence-electron chi connectivity index (χ4n) is 4.99. The fourth-order valence-corrected chi connectivity index (χ4v) is 4.99. The summed E-state index contributed by atoms with van der Waals surface area (Å²) < 4.78 is 0. The summed E-state index contributed by atoms with van der Waals surface area (Å²) in [6.07, 6.45) is 7.86. The van der Waals surface area contributed by atoms with Gasteiger partial charge in [0.1, 0.15) is 11.6 Å². The van der Waals surface area contributed by atoms with Crippen LogP contribution in [0.15, 0.2) is 0 Å². The van der Waals surface area contributed by atoms with Crippen molar-refractivity contribution in [2.24, 2.45) is 10.8 Å². The lowest BCUT2D eigenvalue weighted by molar-refractivity contribution is -0.152. The zero-order valence-corrected chi connectivity index (χ0v) is 16.9. The summed E-state index contributed by atoms with van der Waals surface area (Å²) in [4.78, 5) is 30.9. The largest absolute Gasteiger partial charge is 0.309 e. The van der Waals surface area contributed by atoms with Gasteiger partial charge in [-0.15, -0.1) is 0 Å². The lowest BCUT2D eigenvalue weighted by atomic mass is 9.56. The smallest absolute Gasteiger partial charge is 0.146 e. The molecule has 1 aliphatic carbocycles. The summed E-state index contributed by atoms with van der Waals surface area (Å²) in [5.41, 5.74) is -0.672. The van der Waals surface area contributed by atoms with Crippen LogP contribution in [0.3, 0.4) is 0 Å². The Morgan fingerprint density at radius 1 is 0.960 bits per heavy atom. The number of carbonyl (C=O) groups is 2. The van der Waals surface area contributed by atoms with Crippen LogP contribution in [-0.4, -0.2) is 61.6 Å². The Balaban J connectivity index is 1.95. The van der Waals surface area contributed by atoms with E-state index in [2.05, 4.69) is 37.7 Å². The topological polar surface area (TPSA) is 40.6 Å². The summed E-state index contributed by atoms with van der Waals surface area (Å²) in [7, 11) is 4.23. The van der Waals surface area contributed by atoms with Crippen molar-refractivity contribution in [2.75, 3.05) is 40.3 Å². The van der Waals surface area contributed by atoms with Crippen LogP contribution in [-0.2, 0) is 9.59 Å². The first-order valence-corrected chi connectivity index (χ1v) is 10.3. The van der Waals surface area contributed by atoms with Gasteiger partial charge < -0.3 is 9.80 Å². The van der Waals surface area contributed by atoms with Gasteiger partial charge in [0.05, 0.1) is 5.41 Å². The van der Waals surface area contributed by atoms with Crippen molar-refractivity contribution in [2.45, 2.75) is 71.6 Å². The zero-order valence-electron chi connectivity index (χ0n) is 16.9. The molecule has 2 fully saturated rings. The fraction of sp³-hybridized carbons (Fsp3) is 0.905. The SMILES string of the molecule is CCCC1(CCC)C(=O)CC2(CCN(CCCN(C)C)CC2)CC1=O. The van der Waals surface area contributed by atoms with Gasteiger partial charge in [0.2, 0.25) is 0 Å². The summed E-state index contributed by atoms with van der Waals surface area (Å²) in [5.74, 6) is 0.516. The Bertz CT molecular complexity index is 437. The van der Waals surface area contributed by atoms with Gasteiger partial charge >= 0.3 is 0 Å². The lowest BCUT2D eigenvalue weighted by Crippen LogP contribution is -2.52. The number of carbonyl (C=O) groups excluding carboxylic acids is 2. The van der Waals surface area contributed by atoms with E-state index in [-0.39, 0.29) is 17.0 Å². The van der Waals surface area contributed by atoms with Crippen molar-refractivity contribution in [3.63, 3.8) is 0 Å². The minimum absolute atomic E-state index is 0.0306. The molecule has 0 aromatic rings. The molecular weight excluding hydrogens is 312 g/mol. The molecule has 0 aromatic carbocycles. The van der Waals surface area contributed by atoms with Gasteiger partial charge in [0.15, 0.2) is 0 Å². The molecule has 144 valence electrons. The number of Topliss-reactive ketones (excluding diaryl/α,β-unsaturated/α-hetero) is 2. The number of hydrogen-bond acceptors (Lipinski definition) is 4. The molecule has 4 heteroatoms. The van der Waals surface area contributed by atoms with E-state index in [4.69, 9.17) is 0 Å². The Kier molecular flexibility index (Phi) is 7.21. The monoisotopic (exact) mass is 350 g/mol. The summed E-state index contributed by atoms with van der Waals surface area (Å²) >= 11 is 0. The summed E-state index contributed by atoms with van der Waals surface area (Å²) in [6.45, 7) is 8.52. The third-order valence-electron chi connectivity index (χ3n) is 6.49. The molecule has 0 aromatic heterocycles. The molecule has 25 heavy (non-hydrogen) atoms. The van der Waals surface area contributed by atoms with Crippen LogP contribution in [0.4, 0.5) is 0 Å². The van der Waals surface area contributed by atoms with Gasteiger partial charge in [0.25, 0.3) is 0 Å². The van der Waals surface area contributed by atoms with Crippen molar-refractivity contribution >= 4 is 11.6 Å². The number of likely N-dealkylation sites (tertiary alicyclic amines) is 1. The van der Waals surface area contributed by atoms with E-state index in [1.807, 2.05) is 0 Å². The molecule has 0 radical (unpaired) electrons. The molecule has 0 bridgehead atoms. The van der Waals surface area contributed by atoms with Crippen LogP contribution in [0.2, 0.25) is 0 Å². The highest BCUT2D eigenvalue weighted by Gasteiger charge is 2.53. The van der Waals surface area contributed by atoms with E-state index >= 15 is 0 Å². The minimum Gasteiger partial charge on any atom is -0.309 e. The van der Waals surface area contributed by atoms with Crippen LogP contribution in [0.25, 0.3) is 0 Å². The molecular formula is C21H38N2O2. The third-order valence-corrected chi connectivity index (χ3v) is 6.49. The maximum Gasteiger partial charge on any atom is 0.146 e. The summed E-state index contributed by atoms with van der Waals surface area (Å²) in [6, 6.07) is 0. The predicted octanol–water partition coefficient (Wildman–Crippen LogP) is 3.54. The standard InChI is InChI=1S/C21H38N2O2/c1-5-8-21(9-6-2)18(24)16-20(17-19(21)25)10-14-23(15-11-20)13-7-12-22(3)4/h5-17H2,1-4H3. The van der Waals surface area contributed by atoms with Gasteiger partial charge in [-0.2, -0.15) is 0 Å². The molecule has 0 amide bonds. The summed E-state index contributed by atoms with van der Waals surface area (Å²) in [5, 5.41) is 0. The lowest BCUT2D eigenvalue weighted by Gasteiger charge is -2.48. The van der Waals surface area contributed by atoms with Gasteiger partial charge in [-0.3, -0.25) is 9.59 Å². The predicted molar refractivity (Wildman–Crippen MR) is 103 cm³/mol. The molecule has 1 saturated heterocycles. The first-order chi connectivity index (χ1) is 11.9. The molecule has 0 atom stereocenters. The van der Waals surface area contributed by atoms with Gasteiger partial charge in [-0.1, -0.05) is 26.7 Å². The van der Waals surface area contributed by atoms with E-state index in [9.17, 15) is 9.59 Å². The molecule has 1 aliphatic heterocycles. The maximum absolute atomic E-state index is 13.1. The van der Waals surface area contributed by atoms with Crippen molar-refractivity contribution in [1.82, 2.24) is 9.80 Å². The highest BCUT2D eigenvalue weighted by Crippen LogP contribution is 2.50. The number of nitrogens with zero attached hydrogens (tertiary/aromatic N) is 2. The van der Waals surface area contributed by atoms with Crippen molar-refractivity contribution in [1.29, 1.82) is 0 Å². The van der Waals surface area contributed by atoms with Crippen molar-refractivity contribution in [3.05, 3.63) is 0 Å². The molecule has 1 heterocycles. The first-order valence-electron chi connectivity index (χ1n) is 10.3. The quantitative estimate of drug-likeness (QED) is 0.628. The van der Waals surface area contributed by atoms with Crippen LogP contribution < -0.4 is 0 Å². The van der Waals surface area contributed by atoms with E-state index in [1.165, 1.54) is 6.42 Å². The number of ketones is 2. The first kappa shape index (κ1) is 20.6. The highest BCUT2D eigenvalue weighted by molar-refractivity contribution is 6.09. The normalized spacial score (nSPS) is 23.6. The van der Waals surface area contributed by atoms with E-state index in [0.717, 1.165) is 64.7 Å². The Labute approximate surface area is 154 Å². The maximum atomic E-state index is 13.1. The Hall–Kier alpha value is -0.740. The van der Waals surface area contributed by atoms with Crippen molar-refractivity contribution < 1.29 is 9.59 Å². The van der Waals surface area contributed by atoms with Gasteiger partial charge in [-0.25, -0.2) is 0 Å². The van der Waals surface area contributed by atoms with Gasteiger partial charge in [0, 0.05) is 12.8 Å². The van der Waals surface area contributed by atoms with Crippen molar-refractivity contribution in [3.8, 4) is 0 Å². The number of hydrogen-bond donors (Lipinski definition) is 0. The van der Waals surface area contributed by atoms with E-state index in [0.29, 0.717) is 12.8 Å². The van der Waals surface area contributed by atoms with Crippen LogP contribution in [0, 0.1) is 10.8 Å². The Morgan fingerprint density at radius 2 is 1.48 bits per heavy atom. The third kappa shape index (κ3) is 4.71.